The van der Waals surface area contributed by atoms with Crippen LogP contribution in [0.25, 0.3) is 0 Å². The molecule has 0 bridgehead atoms. The van der Waals surface area contributed by atoms with Crippen LogP contribution in [-0.4, -0.2) is 67.0 Å². The molecule has 0 saturated carbocycles. The highest BCUT2D eigenvalue weighted by atomic mass is 16.5. The molecule has 0 saturated heterocycles. The van der Waals surface area contributed by atoms with E-state index in [0.29, 0.717) is 23.6 Å². The Bertz CT molecular complexity index is 813. The molecule has 0 fully saturated rings. The molecule has 2 rings (SSSR count). The Kier molecular flexibility index (Phi) is 10.0. The second kappa shape index (κ2) is 12.5. The van der Waals surface area contributed by atoms with Crippen molar-refractivity contribution in [2.75, 3.05) is 40.4 Å². The highest BCUT2D eigenvalue weighted by Gasteiger charge is 2.42. The van der Waals surface area contributed by atoms with Gasteiger partial charge in [0, 0.05) is 6.54 Å². The number of Topliss-reactive ketones (excluding diaryl/α,β-unsaturated/α-hetero) is 1. The van der Waals surface area contributed by atoms with Gasteiger partial charge in [-0.05, 0) is 63.5 Å². The van der Waals surface area contributed by atoms with Crippen molar-refractivity contribution >= 4 is 11.7 Å². The molecule has 7 heteroatoms. The maximum absolute atomic E-state index is 12.9. The summed E-state index contributed by atoms with van der Waals surface area (Å²) in [6, 6.07) is 4.68. The van der Waals surface area contributed by atoms with E-state index in [0.717, 1.165) is 51.7 Å². The van der Waals surface area contributed by atoms with Gasteiger partial charge in [-0.25, -0.2) is 0 Å². The minimum Gasteiger partial charge on any atom is -0.503 e. The maximum atomic E-state index is 12.9. The van der Waals surface area contributed by atoms with Gasteiger partial charge >= 0.3 is 0 Å². The van der Waals surface area contributed by atoms with Crippen molar-refractivity contribution in [3.63, 3.8) is 0 Å². The van der Waals surface area contributed by atoms with Gasteiger partial charge in [0.2, 0.25) is 0 Å². The number of nitrogens with zero attached hydrogens (tertiary/aromatic N) is 2. The first kappa shape index (κ1) is 25.7. The van der Waals surface area contributed by atoms with Crippen molar-refractivity contribution in [1.29, 1.82) is 0 Å². The van der Waals surface area contributed by atoms with Crippen molar-refractivity contribution in [3.05, 3.63) is 35.1 Å². The van der Waals surface area contributed by atoms with E-state index >= 15 is 0 Å². The van der Waals surface area contributed by atoms with Gasteiger partial charge in [-0.3, -0.25) is 9.59 Å². The highest BCUT2D eigenvalue weighted by Crippen LogP contribution is 2.40. The Morgan fingerprint density at radius 1 is 1.03 bits per heavy atom. The summed E-state index contributed by atoms with van der Waals surface area (Å²) in [5.74, 6) is -0.190. The number of aliphatic hydroxyl groups excluding tert-OH is 1. The molecule has 32 heavy (non-hydrogen) atoms. The van der Waals surface area contributed by atoms with Crippen LogP contribution in [0.3, 0.4) is 0 Å². The highest BCUT2D eigenvalue weighted by molar-refractivity contribution is 6.08. The summed E-state index contributed by atoms with van der Waals surface area (Å²) in [6.45, 7) is 9.18. The van der Waals surface area contributed by atoms with Crippen molar-refractivity contribution in [1.82, 2.24) is 9.80 Å². The number of carbonyl (C=O) groups is 2. The number of amides is 1. The third kappa shape index (κ3) is 6.03. The first-order valence-corrected chi connectivity index (χ1v) is 11.6. The lowest BCUT2D eigenvalue weighted by molar-refractivity contribution is -0.129. The van der Waals surface area contributed by atoms with Crippen molar-refractivity contribution in [2.24, 2.45) is 0 Å². The smallest absolute Gasteiger partial charge is 0.290 e. The van der Waals surface area contributed by atoms with Crippen LogP contribution >= 0.6 is 0 Å². The largest absolute Gasteiger partial charge is 0.503 e. The Labute approximate surface area is 192 Å². The molecule has 1 N–H and O–H groups in total. The van der Waals surface area contributed by atoms with Crippen LogP contribution < -0.4 is 9.47 Å². The molecule has 0 spiro atoms. The molecule has 1 aromatic carbocycles. The van der Waals surface area contributed by atoms with E-state index in [1.54, 1.807) is 31.3 Å². The standard InChI is InChI=1S/C25H38N2O5/c1-6-8-13-26(14-9-7-2)15-10-16-27-23(22(18(3)28)24(29)25(27)30)19-11-12-20(31-4)21(17-19)32-5/h11-12,17,23,29H,6-10,13-16H2,1-5H3/t23-/m1/s1. The van der Waals surface area contributed by atoms with Gasteiger partial charge in [0.15, 0.2) is 23.0 Å². The van der Waals surface area contributed by atoms with Crippen LogP contribution in [0.4, 0.5) is 0 Å². The van der Waals surface area contributed by atoms with E-state index in [-0.39, 0.29) is 11.4 Å². The summed E-state index contributed by atoms with van der Waals surface area (Å²) in [5, 5.41) is 10.5. The van der Waals surface area contributed by atoms with E-state index < -0.39 is 17.7 Å². The van der Waals surface area contributed by atoms with Gasteiger partial charge in [-0.15, -0.1) is 0 Å². The molecule has 7 nitrogen and oxygen atoms in total. The van der Waals surface area contributed by atoms with Gasteiger partial charge in [-0.1, -0.05) is 32.8 Å². The van der Waals surface area contributed by atoms with Gasteiger partial charge in [0.1, 0.15) is 0 Å². The number of benzene rings is 1. The molecule has 0 radical (unpaired) electrons. The first-order valence-electron chi connectivity index (χ1n) is 11.6. The summed E-state index contributed by atoms with van der Waals surface area (Å²) < 4.78 is 10.7. The number of ether oxygens (including phenoxy) is 2. The topological polar surface area (TPSA) is 79.3 Å². The lowest BCUT2D eigenvalue weighted by Crippen LogP contribution is -2.35. The molecule has 1 aliphatic rings. The molecule has 0 aromatic heterocycles. The van der Waals surface area contributed by atoms with Crippen molar-refractivity contribution in [2.45, 2.75) is 58.9 Å². The number of methoxy groups -OCH3 is 2. The third-order valence-electron chi connectivity index (χ3n) is 5.94. The summed E-state index contributed by atoms with van der Waals surface area (Å²) >= 11 is 0. The molecular formula is C25H38N2O5. The SMILES string of the molecule is CCCCN(CCCC)CCCN1C(=O)C(O)=C(C(C)=O)[C@H]1c1ccc(OC)c(OC)c1. The van der Waals surface area contributed by atoms with Crippen molar-refractivity contribution in [3.8, 4) is 11.5 Å². The van der Waals surface area contributed by atoms with Gasteiger partial charge < -0.3 is 24.4 Å². The second-order valence-electron chi connectivity index (χ2n) is 8.24. The molecule has 0 aliphatic carbocycles. The van der Waals surface area contributed by atoms with Crippen LogP contribution in [0, 0.1) is 0 Å². The maximum Gasteiger partial charge on any atom is 0.290 e. The van der Waals surface area contributed by atoms with Crippen LogP contribution in [0.1, 0.15) is 64.5 Å². The Balaban J connectivity index is 2.24. The lowest BCUT2D eigenvalue weighted by Gasteiger charge is -2.29. The fraction of sp³-hybridized carbons (Fsp3) is 0.600. The zero-order valence-corrected chi connectivity index (χ0v) is 20.1. The number of aliphatic hydroxyl groups is 1. The minimum absolute atomic E-state index is 0.135. The number of hydrogen-bond acceptors (Lipinski definition) is 6. The molecule has 0 unspecified atom stereocenters. The molecule has 1 heterocycles. The van der Waals surface area contributed by atoms with E-state index in [1.165, 1.54) is 6.92 Å². The Morgan fingerprint density at radius 3 is 2.16 bits per heavy atom. The van der Waals surface area contributed by atoms with E-state index in [2.05, 4.69) is 18.7 Å². The number of hydrogen-bond donors (Lipinski definition) is 1. The van der Waals surface area contributed by atoms with E-state index in [9.17, 15) is 14.7 Å². The average molecular weight is 447 g/mol. The van der Waals surface area contributed by atoms with Crippen LogP contribution in [-0.2, 0) is 9.59 Å². The Hall–Kier alpha value is -2.54. The van der Waals surface area contributed by atoms with Crippen molar-refractivity contribution < 1.29 is 24.2 Å². The fourth-order valence-corrected chi connectivity index (χ4v) is 4.18. The van der Waals surface area contributed by atoms with E-state index in [4.69, 9.17) is 9.47 Å². The summed E-state index contributed by atoms with van der Waals surface area (Å²) in [5.41, 5.74) is 0.843. The van der Waals surface area contributed by atoms with Crippen LogP contribution in [0.2, 0.25) is 0 Å². The number of rotatable bonds is 14. The predicted molar refractivity (Wildman–Crippen MR) is 125 cm³/mol. The van der Waals surface area contributed by atoms with Crippen LogP contribution in [0.15, 0.2) is 29.5 Å². The first-order chi connectivity index (χ1) is 15.4. The van der Waals surface area contributed by atoms with E-state index in [1.807, 2.05) is 6.07 Å². The molecular weight excluding hydrogens is 408 g/mol. The quantitative estimate of drug-likeness (QED) is 0.459. The third-order valence-corrected chi connectivity index (χ3v) is 5.94. The molecule has 1 amide bonds. The van der Waals surface area contributed by atoms with Crippen LogP contribution in [0.5, 0.6) is 11.5 Å². The monoisotopic (exact) mass is 446 g/mol. The van der Waals surface area contributed by atoms with Gasteiger partial charge in [0.25, 0.3) is 5.91 Å². The van der Waals surface area contributed by atoms with Gasteiger partial charge in [-0.2, -0.15) is 0 Å². The molecule has 178 valence electrons. The lowest BCUT2D eigenvalue weighted by atomic mass is 9.96. The summed E-state index contributed by atoms with van der Waals surface area (Å²) in [6.07, 6.45) is 5.36. The average Bonchev–Trinajstić information content (AvgIpc) is 3.05. The van der Waals surface area contributed by atoms with Gasteiger partial charge in [0.05, 0.1) is 25.8 Å². The number of unbranched alkanes of at least 4 members (excludes halogenated alkanes) is 2. The summed E-state index contributed by atoms with van der Waals surface area (Å²) in [7, 11) is 3.10. The second-order valence-corrected chi connectivity index (χ2v) is 8.24. The zero-order valence-electron chi connectivity index (χ0n) is 20.1. The number of ketones is 1. The molecule has 1 aromatic rings. The minimum atomic E-state index is -0.639. The fourth-order valence-electron chi connectivity index (χ4n) is 4.18. The Morgan fingerprint density at radius 2 is 1.62 bits per heavy atom. The zero-order chi connectivity index (χ0) is 23.7. The number of carbonyl (C=O) groups excluding carboxylic acids is 2. The normalized spacial score (nSPS) is 16.2. The molecule has 1 atom stereocenters. The summed E-state index contributed by atoms with van der Waals surface area (Å²) in [4.78, 5) is 29.3. The molecule has 1 aliphatic heterocycles. The predicted octanol–water partition coefficient (Wildman–Crippen LogP) is 4.28.